The van der Waals surface area contributed by atoms with Crippen molar-refractivity contribution >= 4 is 11.8 Å². The van der Waals surface area contributed by atoms with Gasteiger partial charge < -0.3 is 0 Å². The van der Waals surface area contributed by atoms with Crippen molar-refractivity contribution in [2.45, 2.75) is 19.0 Å². The van der Waals surface area contributed by atoms with Crippen LogP contribution in [0.4, 0.5) is 4.39 Å². The van der Waals surface area contributed by atoms with Crippen LogP contribution < -0.4 is 0 Å². The number of halogens is 1. The molecule has 1 atom stereocenters. The Hall–Kier alpha value is -1.05. The van der Waals surface area contributed by atoms with E-state index in [-0.39, 0.29) is 5.56 Å². The number of benzene rings is 1. The zero-order valence-electron chi connectivity index (χ0n) is 9.82. The van der Waals surface area contributed by atoms with E-state index in [9.17, 15) is 4.39 Å². The molecule has 1 aromatic rings. The van der Waals surface area contributed by atoms with Crippen LogP contribution in [0.25, 0.3) is 0 Å². The minimum absolute atomic E-state index is 0.136. The maximum absolute atomic E-state index is 13.2. The largest absolute Gasteiger partial charge is 0.298 e. The number of hydrogen-bond acceptors (Lipinski definition) is 3. The van der Waals surface area contributed by atoms with Crippen molar-refractivity contribution in [3.8, 4) is 6.07 Å². The van der Waals surface area contributed by atoms with E-state index in [0.717, 1.165) is 12.1 Å². The standard InChI is InChI=1S/C13H15FN2S/c1-16(12-4-5-17-9-12)8-10-2-3-13(14)11(6-10)7-15/h2-3,6,12H,4-5,8-9H2,1H3/t12-/m0/s1. The molecular weight excluding hydrogens is 235 g/mol. The highest BCUT2D eigenvalue weighted by molar-refractivity contribution is 7.99. The van der Waals surface area contributed by atoms with Crippen molar-refractivity contribution in [3.63, 3.8) is 0 Å². The summed E-state index contributed by atoms with van der Waals surface area (Å²) in [7, 11) is 2.09. The molecule has 17 heavy (non-hydrogen) atoms. The fourth-order valence-electron chi connectivity index (χ4n) is 2.04. The molecule has 0 N–H and O–H groups in total. The maximum atomic E-state index is 13.2. The molecule has 0 unspecified atom stereocenters. The molecule has 1 heterocycles. The molecule has 90 valence electrons. The van der Waals surface area contributed by atoms with Gasteiger partial charge in [0.25, 0.3) is 0 Å². The second kappa shape index (κ2) is 5.52. The third-order valence-electron chi connectivity index (χ3n) is 3.11. The fourth-order valence-corrected chi connectivity index (χ4v) is 3.34. The van der Waals surface area contributed by atoms with Crippen molar-refractivity contribution in [3.05, 3.63) is 35.1 Å². The third-order valence-corrected chi connectivity index (χ3v) is 4.26. The van der Waals surface area contributed by atoms with E-state index in [1.54, 1.807) is 12.1 Å². The highest BCUT2D eigenvalue weighted by Gasteiger charge is 2.20. The number of nitriles is 1. The van der Waals surface area contributed by atoms with E-state index in [2.05, 4.69) is 11.9 Å². The summed E-state index contributed by atoms with van der Waals surface area (Å²) in [6, 6.07) is 7.27. The minimum atomic E-state index is -0.435. The summed E-state index contributed by atoms with van der Waals surface area (Å²) in [5.41, 5.74) is 1.14. The molecule has 1 aliphatic heterocycles. The number of rotatable bonds is 3. The van der Waals surface area contributed by atoms with Crippen LogP contribution in [0.5, 0.6) is 0 Å². The predicted molar refractivity (Wildman–Crippen MR) is 68.3 cm³/mol. The van der Waals surface area contributed by atoms with Gasteiger partial charge in [-0.2, -0.15) is 17.0 Å². The van der Waals surface area contributed by atoms with Crippen LogP contribution in [0.1, 0.15) is 17.5 Å². The molecule has 4 heteroatoms. The predicted octanol–water partition coefficient (Wildman–Crippen LogP) is 2.63. The van der Waals surface area contributed by atoms with Gasteiger partial charge >= 0.3 is 0 Å². The molecule has 1 fully saturated rings. The molecule has 1 aliphatic rings. The lowest BCUT2D eigenvalue weighted by atomic mass is 10.1. The van der Waals surface area contributed by atoms with Crippen molar-refractivity contribution in [1.82, 2.24) is 4.90 Å². The van der Waals surface area contributed by atoms with Crippen LogP contribution >= 0.6 is 11.8 Å². The third kappa shape index (κ3) is 2.99. The SMILES string of the molecule is CN(Cc1ccc(F)c(C#N)c1)[C@H]1CCSC1. The zero-order chi connectivity index (χ0) is 12.3. The van der Waals surface area contributed by atoms with E-state index >= 15 is 0 Å². The molecule has 1 aromatic carbocycles. The number of nitrogens with zero attached hydrogens (tertiary/aromatic N) is 2. The monoisotopic (exact) mass is 250 g/mol. The number of hydrogen-bond donors (Lipinski definition) is 0. The second-order valence-electron chi connectivity index (χ2n) is 4.36. The van der Waals surface area contributed by atoms with Gasteiger partial charge in [0.15, 0.2) is 0 Å². The molecular formula is C13H15FN2S. The van der Waals surface area contributed by atoms with Crippen molar-refractivity contribution in [2.75, 3.05) is 18.6 Å². The van der Waals surface area contributed by atoms with Crippen molar-refractivity contribution < 1.29 is 4.39 Å². The lowest BCUT2D eigenvalue weighted by Crippen LogP contribution is -2.30. The van der Waals surface area contributed by atoms with Gasteiger partial charge in [-0.15, -0.1) is 0 Å². The van der Waals surface area contributed by atoms with Crippen LogP contribution in [0.15, 0.2) is 18.2 Å². The first-order valence-electron chi connectivity index (χ1n) is 5.67. The summed E-state index contributed by atoms with van der Waals surface area (Å²) in [6.07, 6.45) is 1.22. The Morgan fingerprint density at radius 1 is 1.59 bits per heavy atom. The molecule has 0 spiro atoms. The summed E-state index contributed by atoms with van der Waals surface area (Å²) >= 11 is 1.98. The summed E-state index contributed by atoms with van der Waals surface area (Å²) in [4.78, 5) is 2.29. The Kier molecular flexibility index (Phi) is 4.03. The molecule has 0 radical (unpaired) electrons. The van der Waals surface area contributed by atoms with Gasteiger partial charge in [-0.05, 0) is 36.9 Å². The Balaban J connectivity index is 2.05. The first-order chi connectivity index (χ1) is 8.20. The van der Waals surface area contributed by atoms with Gasteiger partial charge in [-0.3, -0.25) is 4.90 Å². The normalized spacial score (nSPS) is 19.5. The summed E-state index contributed by atoms with van der Waals surface area (Å²) in [6.45, 7) is 0.778. The summed E-state index contributed by atoms with van der Waals surface area (Å²) in [5.74, 6) is 1.96. The lowest BCUT2D eigenvalue weighted by molar-refractivity contribution is 0.254. The fraction of sp³-hybridized carbons (Fsp3) is 0.462. The Morgan fingerprint density at radius 2 is 2.41 bits per heavy atom. The Labute approximate surface area is 105 Å². The zero-order valence-corrected chi connectivity index (χ0v) is 10.6. The molecule has 0 aliphatic carbocycles. The van der Waals surface area contributed by atoms with Gasteiger partial charge in [-0.25, -0.2) is 4.39 Å². The summed E-state index contributed by atoms with van der Waals surface area (Å²) < 4.78 is 13.2. The van der Waals surface area contributed by atoms with Crippen molar-refractivity contribution in [2.24, 2.45) is 0 Å². The molecule has 0 saturated carbocycles. The van der Waals surface area contributed by atoms with Crippen LogP contribution in [0, 0.1) is 17.1 Å². The summed E-state index contributed by atoms with van der Waals surface area (Å²) in [5, 5.41) is 8.78. The van der Waals surface area contributed by atoms with E-state index < -0.39 is 5.82 Å². The van der Waals surface area contributed by atoms with Crippen LogP contribution in [0.2, 0.25) is 0 Å². The van der Waals surface area contributed by atoms with Crippen LogP contribution in [0.3, 0.4) is 0 Å². The first kappa shape index (κ1) is 12.4. The van der Waals surface area contributed by atoms with Crippen LogP contribution in [-0.4, -0.2) is 29.5 Å². The van der Waals surface area contributed by atoms with Crippen LogP contribution in [-0.2, 0) is 6.54 Å². The number of thioether (sulfide) groups is 1. The maximum Gasteiger partial charge on any atom is 0.140 e. The highest BCUT2D eigenvalue weighted by atomic mass is 32.2. The molecule has 0 aromatic heterocycles. The average molecular weight is 250 g/mol. The smallest absolute Gasteiger partial charge is 0.140 e. The van der Waals surface area contributed by atoms with E-state index in [0.29, 0.717) is 6.04 Å². The molecule has 0 amide bonds. The molecule has 2 nitrogen and oxygen atoms in total. The molecule has 0 bridgehead atoms. The highest BCUT2D eigenvalue weighted by Crippen LogP contribution is 2.22. The van der Waals surface area contributed by atoms with Gasteiger partial charge in [-0.1, -0.05) is 6.07 Å². The van der Waals surface area contributed by atoms with E-state index in [1.165, 1.54) is 24.0 Å². The Morgan fingerprint density at radius 3 is 3.06 bits per heavy atom. The topological polar surface area (TPSA) is 27.0 Å². The quantitative estimate of drug-likeness (QED) is 0.825. The van der Waals surface area contributed by atoms with Gasteiger partial charge in [0, 0.05) is 18.3 Å². The van der Waals surface area contributed by atoms with Gasteiger partial charge in [0.1, 0.15) is 11.9 Å². The van der Waals surface area contributed by atoms with Gasteiger partial charge in [0.2, 0.25) is 0 Å². The molecule has 2 rings (SSSR count). The second-order valence-corrected chi connectivity index (χ2v) is 5.51. The van der Waals surface area contributed by atoms with Crippen molar-refractivity contribution in [1.29, 1.82) is 5.26 Å². The van der Waals surface area contributed by atoms with E-state index in [1.807, 2.05) is 17.8 Å². The average Bonchev–Trinajstić information content (AvgIpc) is 2.85. The lowest BCUT2D eigenvalue weighted by Gasteiger charge is -2.23. The molecule has 1 saturated heterocycles. The minimum Gasteiger partial charge on any atom is -0.298 e. The van der Waals surface area contributed by atoms with Gasteiger partial charge in [0.05, 0.1) is 5.56 Å². The van der Waals surface area contributed by atoms with E-state index in [4.69, 9.17) is 5.26 Å². The first-order valence-corrected chi connectivity index (χ1v) is 6.82. The Bertz CT molecular complexity index is 436.